The number of hydrogen-bond donors (Lipinski definition) is 1. The lowest BCUT2D eigenvalue weighted by Crippen LogP contribution is -2.27. The topological polar surface area (TPSA) is 40.5 Å². The summed E-state index contributed by atoms with van der Waals surface area (Å²) < 4.78 is 0. The second-order valence-corrected chi connectivity index (χ2v) is 4.92. The van der Waals surface area contributed by atoms with Gasteiger partial charge in [-0.25, -0.2) is 0 Å². The van der Waals surface area contributed by atoms with E-state index in [-0.39, 0.29) is 12.0 Å². The monoisotopic (exact) mass is 245 g/mol. The quantitative estimate of drug-likeness (QED) is 0.809. The first-order valence-corrected chi connectivity index (χ1v) is 6.28. The molecule has 0 spiro atoms. The molecule has 0 bridgehead atoms. The molecule has 0 aliphatic carbocycles. The average molecular weight is 245 g/mol. The summed E-state index contributed by atoms with van der Waals surface area (Å²) in [5.74, 6) is -0.0217. The third kappa shape index (κ3) is 2.99. The van der Waals surface area contributed by atoms with Crippen molar-refractivity contribution in [2.75, 3.05) is 13.1 Å². The molecule has 0 radical (unpaired) electrons. The molecule has 1 N–H and O–H groups in total. The molecule has 2 rings (SSSR count). The van der Waals surface area contributed by atoms with E-state index in [1.807, 2.05) is 25.1 Å². The van der Waals surface area contributed by atoms with Gasteiger partial charge < -0.3 is 10.0 Å². The predicted octanol–water partition coefficient (Wildman–Crippen LogP) is 1.91. The highest BCUT2D eigenvalue weighted by atomic mass is 16.3. The van der Waals surface area contributed by atoms with Crippen LogP contribution in [0.5, 0.6) is 0 Å². The van der Waals surface area contributed by atoms with E-state index in [0.717, 1.165) is 5.56 Å². The first-order valence-electron chi connectivity index (χ1n) is 6.28. The van der Waals surface area contributed by atoms with Gasteiger partial charge >= 0.3 is 0 Å². The normalized spacial score (nSPS) is 19.7. The zero-order valence-corrected chi connectivity index (χ0v) is 10.9. The zero-order chi connectivity index (χ0) is 13.1. The first-order chi connectivity index (χ1) is 8.56. The van der Waals surface area contributed by atoms with Gasteiger partial charge in [0, 0.05) is 19.2 Å². The van der Waals surface area contributed by atoms with Crippen LogP contribution in [0.1, 0.15) is 23.1 Å². The van der Waals surface area contributed by atoms with Crippen LogP contribution >= 0.6 is 0 Å². The maximum absolute atomic E-state index is 11.9. The largest absolute Gasteiger partial charge is 0.391 e. The summed E-state index contributed by atoms with van der Waals surface area (Å²) in [6.45, 7) is 5.20. The van der Waals surface area contributed by atoms with E-state index in [9.17, 15) is 9.90 Å². The minimum Gasteiger partial charge on any atom is -0.391 e. The number of carbonyl (C=O) groups is 1. The highest BCUT2D eigenvalue weighted by molar-refractivity contribution is 5.92. The molecule has 18 heavy (non-hydrogen) atoms. The van der Waals surface area contributed by atoms with Crippen LogP contribution in [0.2, 0.25) is 0 Å². The molecule has 0 saturated carbocycles. The van der Waals surface area contributed by atoms with E-state index in [4.69, 9.17) is 0 Å². The molecule has 1 aromatic rings. The van der Waals surface area contributed by atoms with E-state index in [1.54, 1.807) is 11.0 Å². The van der Waals surface area contributed by atoms with Crippen LogP contribution in [-0.2, 0) is 4.79 Å². The van der Waals surface area contributed by atoms with Gasteiger partial charge in [0.2, 0.25) is 5.91 Å². The van der Waals surface area contributed by atoms with E-state index < -0.39 is 0 Å². The molecule has 3 heteroatoms. The predicted molar refractivity (Wildman–Crippen MR) is 72.2 cm³/mol. The summed E-state index contributed by atoms with van der Waals surface area (Å²) in [5.41, 5.74) is 3.45. The summed E-state index contributed by atoms with van der Waals surface area (Å²) in [7, 11) is 0. The van der Waals surface area contributed by atoms with Gasteiger partial charge in [0.15, 0.2) is 0 Å². The molecule has 0 aromatic heterocycles. The third-order valence-corrected chi connectivity index (χ3v) is 3.31. The summed E-state index contributed by atoms with van der Waals surface area (Å²) >= 11 is 0. The van der Waals surface area contributed by atoms with Gasteiger partial charge in [0.05, 0.1) is 6.10 Å². The molecule has 1 aromatic carbocycles. The average Bonchev–Trinajstić information content (AvgIpc) is 2.74. The number of likely N-dealkylation sites (tertiary alicyclic amines) is 1. The lowest BCUT2D eigenvalue weighted by Gasteiger charge is -2.12. The number of aliphatic hydroxyl groups is 1. The molecule has 1 aliphatic rings. The van der Waals surface area contributed by atoms with E-state index in [1.165, 1.54) is 11.1 Å². The molecule has 1 saturated heterocycles. The van der Waals surface area contributed by atoms with Crippen LogP contribution in [-0.4, -0.2) is 35.1 Å². The van der Waals surface area contributed by atoms with Crippen LogP contribution in [0.25, 0.3) is 6.08 Å². The molecule has 1 heterocycles. The van der Waals surface area contributed by atoms with Gasteiger partial charge in [0.25, 0.3) is 0 Å². The number of hydrogen-bond acceptors (Lipinski definition) is 2. The van der Waals surface area contributed by atoms with Gasteiger partial charge in [-0.05, 0) is 37.5 Å². The highest BCUT2D eigenvalue weighted by Gasteiger charge is 2.22. The third-order valence-electron chi connectivity index (χ3n) is 3.31. The minimum atomic E-state index is -0.358. The number of aliphatic hydroxyl groups excluding tert-OH is 1. The van der Waals surface area contributed by atoms with E-state index >= 15 is 0 Å². The Hall–Kier alpha value is -1.61. The lowest BCUT2D eigenvalue weighted by molar-refractivity contribution is -0.125. The Morgan fingerprint density at radius 3 is 2.83 bits per heavy atom. The van der Waals surface area contributed by atoms with Crippen molar-refractivity contribution in [2.45, 2.75) is 26.4 Å². The zero-order valence-electron chi connectivity index (χ0n) is 10.9. The Kier molecular flexibility index (Phi) is 3.82. The smallest absolute Gasteiger partial charge is 0.246 e. The van der Waals surface area contributed by atoms with E-state index in [2.05, 4.69) is 13.0 Å². The van der Waals surface area contributed by atoms with Gasteiger partial charge in [0.1, 0.15) is 0 Å². The second-order valence-electron chi connectivity index (χ2n) is 4.92. The maximum atomic E-state index is 11.9. The molecule has 1 amide bonds. The molecule has 0 unspecified atom stereocenters. The minimum absolute atomic E-state index is 0.0217. The molecule has 1 aliphatic heterocycles. The summed E-state index contributed by atoms with van der Waals surface area (Å²) in [6, 6.07) is 6.16. The molecule has 3 nitrogen and oxygen atoms in total. The number of benzene rings is 1. The van der Waals surface area contributed by atoms with Crippen molar-refractivity contribution in [3.8, 4) is 0 Å². The van der Waals surface area contributed by atoms with Crippen molar-refractivity contribution < 1.29 is 9.90 Å². The van der Waals surface area contributed by atoms with Gasteiger partial charge in [-0.3, -0.25) is 4.79 Å². The molecular formula is C15H19NO2. The van der Waals surface area contributed by atoms with Crippen molar-refractivity contribution in [1.29, 1.82) is 0 Å². The van der Waals surface area contributed by atoms with Crippen LogP contribution in [0.15, 0.2) is 24.3 Å². The van der Waals surface area contributed by atoms with Crippen LogP contribution in [0.4, 0.5) is 0 Å². The van der Waals surface area contributed by atoms with Gasteiger partial charge in [-0.2, -0.15) is 0 Å². The van der Waals surface area contributed by atoms with Crippen LogP contribution in [0, 0.1) is 13.8 Å². The second kappa shape index (κ2) is 5.36. The molecule has 1 atom stereocenters. The fourth-order valence-corrected chi connectivity index (χ4v) is 2.22. The Morgan fingerprint density at radius 2 is 2.22 bits per heavy atom. The number of aryl methyl sites for hydroxylation is 2. The Labute approximate surface area is 108 Å². The Balaban J connectivity index is 2.04. The highest BCUT2D eigenvalue weighted by Crippen LogP contribution is 2.13. The van der Waals surface area contributed by atoms with Crippen molar-refractivity contribution in [1.82, 2.24) is 4.90 Å². The standard InChI is InChI=1S/C15H19NO2/c1-11-3-4-13(12(2)9-11)5-6-15(18)16-8-7-14(17)10-16/h3-6,9,14,17H,7-8,10H2,1-2H3/b6-5+/t14-/m0/s1. The lowest BCUT2D eigenvalue weighted by atomic mass is 10.1. The van der Waals surface area contributed by atoms with Crippen molar-refractivity contribution in [3.05, 3.63) is 41.0 Å². The Morgan fingerprint density at radius 1 is 1.44 bits per heavy atom. The number of amides is 1. The van der Waals surface area contributed by atoms with Crippen molar-refractivity contribution in [2.24, 2.45) is 0 Å². The summed E-state index contributed by atoms with van der Waals surface area (Å²) in [4.78, 5) is 13.6. The molecule has 1 fully saturated rings. The number of carbonyl (C=O) groups excluding carboxylic acids is 1. The fraction of sp³-hybridized carbons (Fsp3) is 0.400. The number of β-amino-alcohol motifs (C(OH)–C–C–N with tert-alkyl or cyclic N) is 1. The molecular weight excluding hydrogens is 226 g/mol. The number of rotatable bonds is 2. The SMILES string of the molecule is Cc1ccc(/C=C/C(=O)N2CC[C@H](O)C2)c(C)c1. The molecule has 96 valence electrons. The van der Waals surface area contributed by atoms with Crippen LogP contribution in [0.3, 0.4) is 0 Å². The Bertz CT molecular complexity index is 479. The first kappa shape index (κ1) is 12.8. The van der Waals surface area contributed by atoms with Crippen molar-refractivity contribution >= 4 is 12.0 Å². The van der Waals surface area contributed by atoms with Gasteiger partial charge in [-0.1, -0.05) is 23.8 Å². The van der Waals surface area contributed by atoms with E-state index in [0.29, 0.717) is 19.5 Å². The number of nitrogens with zero attached hydrogens (tertiary/aromatic N) is 1. The van der Waals surface area contributed by atoms with Crippen molar-refractivity contribution in [3.63, 3.8) is 0 Å². The fourth-order valence-electron chi connectivity index (χ4n) is 2.22. The summed E-state index contributed by atoms with van der Waals surface area (Å²) in [5, 5.41) is 9.39. The van der Waals surface area contributed by atoms with Gasteiger partial charge in [-0.15, -0.1) is 0 Å². The van der Waals surface area contributed by atoms with Crippen LogP contribution < -0.4 is 0 Å². The maximum Gasteiger partial charge on any atom is 0.246 e. The summed E-state index contributed by atoms with van der Waals surface area (Å²) in [6.07, 6.45) is 3.77.